The van der Waals surface area contributed by atoms with Gasteiger partial charge in [0.2, 0.25) is 5.28 Å². The molecule has 2 aromatic heterocycles. The average molecular weight is 273 g/mol. The zero-order valence-electron chi connectivity index (χ0n) is 8.86. The molecular weight excluding hydrogens is 264 g/mol. The first-order chi connectivity index (χ1) is 8.19. The maximum Gasteiger partial charge on any atom is 0.257 e. The molecule has 0 saturated carbocycles. The Morgan fingerprint density at radius 2 is 2.29 bits per heavy atom. The SMILES string of the molecule is CC(CO)Sc1nc(Cl)nc(-n2cncn2)n1. The van der Waals surface area contributed by atoms with E-state index in [1.807, 2.05) is 6.92 Å². The second kappa shape index (κ2) is 5.39. The first kappa shape index (κ1) is 12.2. The van der Waals surface area contributed by atoms with E-state index in [0.717, 1.165) is 0 Å². The normalized spacial score (nSPS) is 12.6. The van der Waals surface area contributed by atoms with E-state index in [0.29, 0.717) is 11.1 Å². The van der Waals surface area contributed by atoms with E-state index in [2.05, 4.69) is 25.0 Å². The number of hydrogen-bond donors (Lipinski definition) is 1. The molecule has 0 aliphatic rings. The van der Waals surface area contributed by atoms with Gasteiger partial charge in [-0.25, -0.2) is 4.98 Å². The standard InChI is InChI=1S/C8H9ClN6OS/c1-5(2-16)17-8-13-6(9)12-7(14-8)15-4-10-3-11-15/h3-5,16H,2H2,1H3. The van der Waals surface area contributed by atoms with Crippen LogP contribution in [-0.2, 0) is 0 Å². The maximum atomic E-state index is 8.97. The highest BCUT2D eigenvalue weighted by molar-refractivity contribution is 7.99. The summed E-state index contributed by atoms with van der Waals surface area (Å²) in [5.41, 5.74) is 0. The van der Waals surface area contributed by atoms with Crippen LogP contribution >= 0.6 is 23.4 Å². The van der Waals surface area contributed by atoms with Crippen LogP contribution in [0.5, 0.6) is 0 Å². The van der Waals surface area contributed by atoms with Crippen LogP contribution < -0.4 is 0 Å². The molecule has 0 aliphatic carbocycles. The molecule has 0 bridgehead atoms. The van der Waals surface area contributed by atoms with Gasteiger partial charge in [0, 0.05) is 5.25 Å². The molecule has 90 valence electrons. The lowest BCUT2D eigenvalue weighted by Gasteiger charge is -2.06. The highest BCUT2D eigenvalue weighted by Crippen LogP contribution is 2.20. The molecule has 0 spiro atoms. The fourth-order valence-electron chi connectivity index (χ4n) is 1.01. The van der Waals surface area contributed by atoms with Crippen LogP contribution in [0.4, 0.5) is 0 Å². The number of nitrogens with zero attached hydrogens (tertiary/aromatic N) is 6. The lowest BCUT2D eigenvalue weighted by Crippen LogP contribution is -2.08. The topological polar surface area (TPSA) is 89.6 Å². The van der Waals surface area contributed by atoms with E-state index in [-0.39, 0.29) is 17.1 Å². The van der Waals surface area contributed by atoms with Crippen LogP contribution in [0, 0.1) is 0 Å². The van der Waals surface area contributed by atoms with Gasteiger partial charge in [0.25, 0.3) is 5.95 Å². The molecule has 2 rings (SSSR count). The van der Waals surface area contributed by atoms with Crippen molar-refractivity contribution < 1.29 is 5.11 Å². The molecule has 1 atom stereocenters. The Morgan fingerprint density at radius 1 is 1.47 bits per heavy atom. The Bertz CT molecular complexity index is 493. The molecular formula is C8H9ClN6OS. The highest BCUT2D eigenvalue weighted by atomic mass is 35.5. The highest BCUT2D eigenvalue weighted by Gasteiger charge is 2.10. The van der Waals surface area contributed by atoms with Crippen molar-refractivity contribution >= 4 is 23.4 Å². The Morgan fingerprint density at radius 3 is 2.94 bits per heavy atom. The predicted molar refractivity (Wildman–Crippen MR) is 62.2 cm³/mol. The number of aliphatic hydroxyl groups is 1. The molecule has 0 aliphatic heterocycles. The largest absolute Gasteiger partial charge is 0.395 e. The summed E-state index contributed by atoms with van der Waals surface area (Å²) in [4.78, 5) is 15.9. The molecule has 0 amide bonds. The van der Waals surface area contributed by atoms with Crippen molar-refractivity contribution in [3.8, 4) is 5.95 Å². The first-order valence-electron chi connectivity index (χ1n) is 4.73. The summed E-state index contributed by atoms with van der Waals surface area (Å²) in [6, 6.07) is 0. The van der Waals surface area contributed by atoms with Gasteiger partial charge >= 0.3 is 0 Å². The van der Waals surface area contributed by atoms with Gasteiger partial charge in [-0.2, -0.15) is 24.7 Å². The lowest BCUT2D eigenvalue weighted by atomic mass is 10.5. The molecule has 17 heavy (non-hydrogen) atoms. The quantitative estimate of drug-likeness (QED) is 0.814. The van der Waals surface area contributed by atoms with Crippen LogP contribution in [-0.4, -0.2) is 46.7 Å². The van der Waals surface area contributed by atoms with E-state index in [1.165, 1.54) is 29.1 Å². The van der Waals surface area contributed by atoms with E-state index in [4.69, 9.17) is 16.7 Å². The third kappa shape index (κ3) is 3.11. The number of aromatic nitrogens is 6. The van der Waals surface area contributed by atoms with Gasteiger partial charge in [-0.15, -0.1) is 0 Å². The van der Waals surface area contributed by atoms with Crippen LogP contribution in [0.2, 0.25) is 5.28 Å². The molecule has 9 heteroatoms. The van der Waals surface area contributed by atoms with Crippen molar-refractivity contribution in [3.05, 3.63) is 17.9 Å². The summed E-state index contributed by atoms with van der Waals surface area (Å²) >= 11 is 7.10. The average Bonchev–Trinajstić information content (AvgIpc) is 2.81. The van der Waals surface area contributed by atoms with Crippen LogP contribution in [0.1, 0.15) is 6.92 Å². The summed E-state index contributed by atoms with van der Waals surface area (Å²) in [5, 5.41) is 13.4. The summed E-state index contributed by atoms with van der Waals surface area (Å²) in [7, 11) is 0. The number of hydrogen-bond acceptors (Lipinski definition) is 7. The van der Waals surface area contributed by atoms with Gasteiger partial charge in [0.15, 0.2) is 5.16 Å². The summed E-state index contributed by atoms with van der Waals surface area (Å²) in [6.45, 7) is 1.89. The molecule has 0 saturated heterocycles. The summed E-state index contributed by atoms with van der Waals surface area (Å²) < 4.78 is 1.39. The van der Waals surface area contributed by atoms with E-state index < -0.39 is 0 Å². The van der Waals surface area contributed by atoms with E-state index in [1.54, 1.807) is 0 Å². The number of rotatable bonds is 4. The van der Waals surface area contributed by atoms with Crippen molar-refractivity contribution in [2.45, 2.75) is 17.3 Å². The molecule has 7 nitrogen and oxygen atoms in total. The van der Waals surface area contributed by atoms with Crippen LogP contribution in [0.3, 0.4) is 0 Å². The minimum Gasteiger partial charge on any atom is -0.395 e. The van der Waals surface area contributed by atoms with Gasteiger partial charge in [-0.1, -0.05) is 18.7 Å². The van der Waals surface area contributed by atoms with E-state index in [9.17, 15) is 0 Å². The van der Waals surface area contributed by atoms with Gasteiger partial charge in [0.05, 0.1) is 6.61 Å². The fraction of sp³-hybridized carbons (Fsp3) is 0.375. The monoisotopic (exact) mass is 272 g/mol. The van der Waals surface area contributed by atoms with Crippen molar-refractivity contribution in [1.82, 2.24) is 29.7 Å². The smallest absolute Gasteiger partial charge is 0.257 e. The summed E-state index contributed by atoms with van der Waals surface area (Å²) in [5.74, 6) is 0.301. The Hall–Kier alpha value is -1.25. The first-order valence-corrected chi connectivity index (χ1v) is 5.99. The zero-order valence-corrected chi connectivity index (χ0v) is 10.4. The number of aliphatic hydroxyl groups excluding tert-OH is 1. The number of thioether (sulfide) groups is 1. The minimum absolute atomic E-state index is 0.0166. The lowest BCUT2D eigenvalue weighted by molar-refractivity contribution is 0.300. The van der Waals surface area contributed by atoms with Crippen molar-refractivity contribution in [3.63, 3.8) is 0 Å². The van der Waals surface area contributed by atoms with Gasteiger partial charge < -0.3 is 5.11 Å². The molecule has 2 heterocycles. The van der Waals surface area contributed by atoms with Crippen LogP contribution in [0.25, 0.3) is 5.95 Å². The van der Waals surface area contributed by atoms with E-state index >= 15 is 0 Å². The van der Waals surface area contributed by atoms with Crippen molar-refractivity contribution in [1.29, 1.82) is 0 Å². The van der Waals surface area contributed by atoms with Gasteiger partial charge in [0.1, 0.15) is 12.7 Å². The summed E-state index contributed by atoms with van der Waals surface area (Å²) in [6.07, 6.45) is 2.84. The Balaban J connectivity index is 2.30. The van der Waals surface area contributed by atoms with Crippen molar-refractivity contribution in [2.24, 2.45) is 0 Å². The second-order valence-electron chi connectivity index (χ2n) is 3.14. The second-order valence-corrected chi connectivity index (χ2v) is 4.88. The Kier molecular flexibility index (Phi) is 3.87. The molecule has 2 aromatic rings. The molecule has 0 aromatic carbocycles. The Labute approximate surface area is 106 Å². The third-order valence-electron chi connectivity index (χ3n) is 1.76. The van der Waals surface area contributed by atoms with Gasteiger partial charge in [-0.05, 0) is 11.6 Å². The third-order valence-corrected chi connectivity index (χ3v) is 2.88. The van der Waals surface area contributed by atoms with Crippen LogP contribution in [0.15, 0.2) is 17.8 Å². The molecule has 1 unspecified atom stereocenters. The molecule has 0 radical (unpaired) electrons. The van der Waals surface area contributed by atoms with Crippen molar-refractivity contribution in [2.75, 3.05) is 6.61 Å². The predicted octanol–water partition coefficient (Wildman–Crippen LogP) is 0.579. The minimum atomic E-state index is -0.0166. The maximum absolute atomic E-state index is 8.97. The molecule has 0 fully saturated rings. The zero-order chi connectivity index (χ0) is 12.3. The molecule has 1 N–H and O–H groups in total. The number of halogens is 1. The fourth-order valence-corrected chi connectivity index (χ4v) is 1.92. The van der Waals surface area contributed by atoms with Gasteiger partial charge in [-0.3, -0.25) is 0 Å².